The normalized spacial score (nSPS) is 19.1. The van der Waals surface area contributed by atoms with E-state index in [-0.39, 0.29) is 22.8 Å². The van der Waals surface area contributed by atoms with Crippen molar-refractivity contribution in [2.45, 2.75) is 34.6 Å². The van der Waals surface area contributed by atoms with Crippen LogP contribution >= 0.6 is 23.5 Å². The van der Waals surface area contributed by atoms with Crippen molar-refractivity contribution in [1.29, 1.82) is 0 Å². The Morgan fingerprint density at radius 3 is 2.69 bits per heavy atom. The summed E-state index contributed by atoms with van der Waals surface area (Å²) in [5.74, 6) is -0.213. The fourth-order valence-corrected chi connectivity index (χ4v) is 5.18. The van der Waals surface area contributed by atoms with Crippen molar-refractivity contribution in [3.05, 3.63) is 47.5 Å². The summed E-state index contributed by atoms with van der Waals surface area (Å²) < 4.78 is 39.8. The number of rotatable bonds is 1. The quantitative estimate of drug-likeness (QED) is 0.658. The Morgan fingerprint density at radius 1 is 1.17 bits per heavy atom. The standard InChI is InChI=1S/C20H17F3N2O2S2/c1-11-6-7-25(15-9-13(20(21,22)23)3-5-17(15)29-11)19(27)12-2-4-16-14(8-12)24-18(26)10-28-16/h2-5,8-9,11H,6-7,10H2,1H3,(H,24,26). The number of anilines is 2. The number of fused-ring (bicyclic) bond motifs is 2. The molecule has 1 atom stereocenters. The molecule has 2 aromatic carbocycles. The van der Waals surface area contributed by atoms with E-state index in [1.165, 1.54) is 34.5 Å². The summed E-state index contributed by atoms with van der Waals surface area (Å²) in [6, 6.07) is 8.55. The number of carbonyl (C=O) groups excluding carboxylic acids is 2. The van der Waals surface area contributed by atoms with E-state index in [1.54, 1.807) is 18.2 Å². The SMILES string of the molecule is CC1CCN(C(=O)c2ccc3c(c2)NC(=O)CS3)c2cc(C(F)(F)F)ccc2S1. The molecule has 0 bridgehead atoms. The maximum absolute atomic E-state index is 13.3. The van der Waals surface area contributed by atoms with Crippen LogP contribution in [0.3, 0.4) is 0 Å². The molecule has 2 aliphatic rings. The summed E-state index contributed by atoms with van der Waals surface area (Å²) in [6.45, 7) is 2.31. The number of benzene rings is 2. The smallest absolute Gasteiger partial charge is 0.324 e. The Kier molecular flexibility index (Phi) is 5.29. The van der Waals surface area contributed by atoms with Crippen molar-refractivity contribution in [2.75, 3.05) is 22.5 Å². The van der Waals surface area contributed by atoms with Gasteiger partial charge in [0.1, 0.15) is 0 Å². The molecule has 1 unspecified atom stereocenters. The summed E-state index contributed by atoms with van der Waals surface area (Å²) in [7, 11) is 0. The van der Waals surface area contributed by atoms with Gasteiger partial charge in [0, 0.05) is 27.1 Å². The maximum Gasteiger partial charge on any atom is 0.416 e. The molecule has 0 saturated carbocycles. The molecule has 4 rings (SSSR count). The van der Waals surface area contributed by atoms with E-state index >= 15 is 0 Å². The van der Waals surface area contributed by atoms with Gasteiger partial charge in [-0.15, -0.1) is 23.5 Å². The molecule has 2 heterocycles. The van der Waals surface area contributed by atoms with Gasteiger partial charge in [-0.05, 0) is 42.8 Å². The van der Waals surface area contributed by atoms with Gasteiger partial charge in [0.15, 0.2) is 0 Å². The Bertz CT molecular complexity index is 994. The zero-order valence-electron chi connectivity index (χ0n) is 15.4. The Labute approximate surface area is 174 Å². The number of halogens is 3. The van der Waals surface area contributed by atoms with E-state index in [0.717, 1.165) is 17.0 Å². The third-order valence-corrected chi connectivity index (χ3v) is 7.08. The number of hydrogen-bond donors (Lipinski definition) is 1. The second kappa shape index (κ2) is 7.60. The molecule has 0 aliphatic carbocycles. The van der Waals surface area contributed by atoms with E-state index in [1.807, 2.05) is 6.92 Å². The summed E-state index contributed by atoms with van der Waals surface area (Å²) in [5, 5.41) is 2.91. The highest BCUT2D eigenvalue weighted by Gasteiger charge is 2.34. The first-order valence-corrected chi connectivity index (χ1v) is 10.9. The lowest BCUT2D eigenvalue weighted by Crippen LogP contribution is -2.32. The van der Waals surface area contributed by atoms with Crippen molar-refractivity contribution in [2.24, 2.45) is 0 Å². The molecule has 1 N–H and O–H groups in total. The van der Waals surface area contributed by atoms with Crippen molar-refractivity contribution < 1.29 is 22.8 Å². The van der Waals surface area contributed by atoms with Crippen LogP contribution in [0.5, 0.6) is 0 Å². The van der Waals surface area contributed by atoms with E-state index in [2.05, 4.69) is 5.32 Å². The van der Waals surface area contributed by atoms with Crippen molar-refractivity contribution in [3.8, 4) is 0 Å². The van der Waals surface area contributed by atoms with Gasteiger partial charge in [-0.2, -0.15) is 13.2 Å². The van der Waals surface area contributed by atoms with Crippen molar-refractivity contribution in [3.63, 3.8) is 0 Å². The lowest BCUT2D eigenvalue weighted by molar-refractivity contribution is -0.137. The van der Waals surface area contributed by atoms with Gasteiger partial charge in [0.2, 0.25) is 5.91 Å². The van der Waals surface area contributed by atoms with Crippen LogP contribution in [0, 0.1) is 0 Å². The fourth-order valence-electron chi connectivity index (χ4n) is 3.29. The molecule has 29 heavy (non-hydrogen) atoms. The van der Waals surface area contributed by atoms with Gasteiger partial charge in [-0.1, -0.05) is 6.92 Å². The van der Waals surface area contributed by atoms with Crippen LogP contribution < -0.4 is 10.2 Å². The topological polar surface area (TPSA) is 49.4 Å². The van der Waals surface area contributed by atoms with Gasteiger partial charge < -0.3 is 10.2 Å². The van der Waals surface area contributed by atoms with Crippen LogP contribution in [0.1, 0.15) is 29.3 Å². The molecule has 0 fully saturated rings. The Hall–Kier alpha value is -2.13. The van der Waals surface area contributed by atoms with Crippen molar-refractivity contribution in [1.82, 2.24) is 0 Å². The first-order chi connectivity index (χ1) is 13.7. The van der Waals surface area contributed by atoms with E-state index < -0.39 is 11.7 Å². The molecule has 9 heteroatoms. The number of thioether (sulfide) groups is 2. The van der Waals surface area contributed by atoms with Crippen LogP contribution in [-0.2, 0) is 11.0 Å². The lowest BCUT2D eigenvalue weighted by atomic mass is 10.1. The first-order valence-electron chi connectivity index (χ1n) is 8.99. The van der Waals surface area contributed by atoms with Crippen LogP contribution in [0.25, 0.3) is 0 Å². The van der Waals surface area contributed by atoms with Crippen LogP contribution in [-0.4, -0.2) is 29.4 Å². The number of alkyl halides is 3. The summed E-state index contributed by atoms with van der Waals surface area (Å²) in [6.07, 6.45) is -3.83. The van der Waals surface area contributed by atoms with E-state index in [4.69, 9.17) is 0 Å². The van der Waals surface area contributed by atoms with Crippen LogP contribution in [0.2, 0.25) is 0 Å². The fraction of sp³-hybridized carbons (Fsp3) is 0.300. The second-order valence-corrected chi connectivity index (χ2v) is 9.40. The number of amides is 2. The summed E-state index contributed by atoms with van der Waals surface area (Å²) in [4.78, 5) is 27.8. The number of hydrogen-bond acceptors (Lipinski definition) is 4. The average molecular weight is 438 g/mol. The largest absolute Gasteiger partial charge is 0.416 e. The Morgan fingerprint density at radius 2 is 1.93 bits per heavy atom. The third kappa shape index (κ3) is 4.11. The summed E-state index contributed by atoms with van der Waals surface area (Å²) in [5.41, 5.74) is 0.377. The predicted octanol–water partition coefficient (Wildman–Crippen LogP) is 5.28. The van der Waals surface area contributed by atoms with E-state index in [9.17, 15) is 22.8 Å². The zero-order valence-corrected chi connectivity index (χ0v) is 17.0. The molecule has 0 spiro atoms. The molecule has 2 aliphatic heterocycles. The second-order valence-electron chi connectivity index (χ2n) is 6.90. The van der Waals surface area contributed by atoms with Crippen LogP contribution in [0.15, 0.2) is 46.2 Å². The van der Waals surface area contributed by atoms with Gasteiger partial charge in [0.25, 0.3) is 5.91 Å². The molecular formula is C20H17F3N2O2S2. The minimum Gasteiger partial charge on any atom is -0.324 e. The molecule has 2 aromatic rings. The van der Waals surface area contributed by atoms with Gasteiger partial charge in [0.05, 0.1) is 22.7 Å². The van der Waals surface area contributed by atoms with Gasteiger partial charge in [-0.25, -0.2) is 0 Å². The highest BCUT2D eigenvalue weighted by atomic mass is 32.2. The molecule has 0 radical (unpaired) electrons. The zero-order chi connectivity index (χ0) is 20.8. The monoisotopic (exact) mass is 438 g/mol. The third-order valence-electron chi connectivity index (χ3n) is 4.77. The lowest BCUT2D eigenvalue weighted by Gasteiger charge is -2.24. The minimum absolute atomic E-state index is 0.146. The molecule has 0 saturated heterocycles. The van der Waals surface area contributed by atoms with Gasteiger partial charge >= 0.3 is 6.18 Å². The Balaban J connectivity index is 1.74. The first kappa shape index (κ1) is 20.2. The highest BCUT2D eigenvalue weighted by molar-refractivity contribution is 8.00. The minimum atomic E-state index is -4.49. The van der Waals surface area contributed by atoms with Gasteiger partial charge in [-0.3, -0.25) is 9.59 Å². The van der Waals surface area contributed by atoms with Crippen LogP contribution in [0.4, 0.5) is 24.5 Å². The number of nitrogens with zero attached hydrogens (tertiary/aromatic N) is 1. The number of carbonyl (C=O) groups is 2. The van der Waals surface area contributed by atoms with Crippen molar-refractivity contribution >= 4 is 46.7 Å². The highest BCUT2D eigenvalue weighted by Crippen LogP contribution is 2.42. The molecule has 2 amide bonds. The number of nitrogens with one attached hydrogen (secondary N) is 1. The van der Waals surface area contributed by atoms with E-state index in [0.29, 0.717) is 34.9 Å². The molecule has 4 nitrogen and oxygen atoms in total. The average Bonchev–Trinajstić information content (AvgIpc) is 2.83. The molecule has 0 aromatic heterocycles. The molecule has 152 valence electrons. The molecular weight excluding hydrogens is 421 g/mol. The predicted molar refractivity (Wildman–Crippen MR) is 109 cm³/mol. The maximum atomic E-state index is 13.3. The summed E-state index contributed by atoms with van der Waals surface area (Å²) >= 11 is 2.85.